The Morgan fingerprint density at radius 2 is 2.00 bits per heavy atom. The highest BCUT2D eigenvalue weighted by atomic mass is 19.1. The lowest BCUT2D eigenvalue weighted by molar-refractivity contribution is -0.384. The van der Waals surface area contributed by atoms with Gasteiger partial charge in [0, 0.05) is 18.2 Å². The molecule has 0 radical (unpaired) electrons. The zero-order chi connectivity index (χ0) is 14.7. The van der Waals surface area contributed by atoms with Crippen molar-refractivity contribution in [1.29, 1.82) is 0 Å². The van der Waals surface area contributed by atoms with Gasteiger partial charge in [-0.1, -0.05) is 0 Å². The predicted molar refractivity (Wildman–Crippen MR) is 70.1 cm³/mol. The van der Waals surface area contributed by atoms with Crippen molar-refractivity contribution in [3.8, 4) is 0 Å². The summed E-state index contributed by atoms with van der Waals surface area (Å²) >= 11 is 0. The third kappa shape index (κ3) is 3.23. The molecule has 0 bridgehead atoms. The largest absolute Gasteiger partial charge is 0.481 e. The first-order chi connectivity index (χ1) is 9.47. The minimum atomic E-state index is -0.805. The topological polar surface area (TPSA) is 92.5 Å². The summed E-state index contributed by atoms with van der Waals surface area (Å²) in [5.74, 6) is -1.70. The number of hydrogen-bond acceptors (Lipinski definition) is 4. The Bertz CT molecular complexity index is 527. The SMILES string of the molecule is O=C(O)C1CCC(Nc2cc(F)ccc2[N+](=O)[O-])CC1. The van der Waals surface area contributed by atoms with Gasteiger partial charge in [0.1, 0.15) is 11.5 Å². The summed E-state index contributed by atoms with van der Waals surface area (Å²) in [4.78, 5) is 21.2. The van der Waals surface area contributed by atoms with E-state index in [0.717, 1.165) is 18.2 Å². The molecule has 1 aromatic carbocycles. The van der Waals surface area contributed by atoms with E-state index in [0.29, 0.717) is 25.7 Å². The molecule has 0 amide bonds. The number of halogens is 1. The number of nitrogens with one attached hydrogen (secondary N) is 1. The van der Waals surface area contributed by atoms with Gasteiger partial charge in [-0.3, -0.25) is 14.9 Å². The first kappa shape index (κ1) is 14.2. The highest BCUT2D eigenvalue weighted by Gasteiger charge is 2.27. The number of rotatable bonds is 4. The van der Waals surface area contributed by atoms with E-state index in [-0.39, 0.29) is 23.3 Å². The number of hydrogen-bond donors (Lipinski definition) is 2. The van der Waals surface area contributed by atoms with E-state index in [9.17, 15) is 19.3 Å². The number of benzene rings is 1. The highest BCUT2D eigenvalue weighted by Crippen LogP contribution is 2.30. The second-order valence-electron chi connectivity index (χ2n) is 4.95. The van der Waals surface area contributed by atoms with Crippen LogP contribution in [0.1, 0.15) is 25.7 Å². The normalized spacial score (nSPS) is 22.2. The van der Waals surface area contributed by atoms with Gasteiger partial charge in [0.25, 0.3) is 5.69 Å². The number of nitro benzene ring substituents is 1. The summed E-state index contributed by atoms with van der Waals surface area (Å²) in [5.41, 5.74) is -0.0273. The molecular formula is C13H15FN2O4. The molecule has 1 aliphatic rings. The molecular weight excluding hydrogens is 267 g/mol. The molecule has 108 valence electrons. The molecule has 0 unspecified atom stereocenters. The second-order valence-corrected chi connectivity index (χ2v) is 4.95. The van der Waals surface area contributed by atoms with Gasteiger partial charge in [0.05, 0.1) is 10.8 Å². The lowest BCUT2D eigenvalue weighted by atomic mass is 9.86. The molecule has 7 heteroatoms. The minimum Gasteiger partial charge on any atom is -0.481 e. The Hall–Kier alpha value is -2.18. The summed E-state index contributed by atoms with van der Waals surface area (Å²) < 4.78 is 13.2. The van der Waals surface area contributed by atoms with Crippen LogP contribution in [0.15, 0.2) is 18.2 Å². The van der Waals surface area contributed by atoms with E-state index in [1.807, 2.05) is 0 Å². The number of nitrogens with zero attached hydrogens (tertiary/aromatic N) is 1. The molecule has 0 saturated heterocycles. The van der Waals surface area contributed by atoms with E-state index in [1.54, 1.807) is 0 Å². The van der Waals surface area contributed by atoms with Crippen molar-refractivity contribution in [1.82, 2.24) is 0 Å². The molecule has 6 nitrogen and oxygen atoms in total. The number of carbonyl (C=O) groups is 1. The van der Waals surface area contributed by atoms with Gasteiger partial charge < -0.3 is 10.4 Å². The quantitative estimate of drug-likeness (QED) is 0.654. The van der Waals surface area contributed by atoms with Crippen molar-refractivity contribution in [2.75, 3.05) is 5.32 Å². The molecule has 1 aromatic rings. The van der Waals surface area contributed by atoms with E-state index in [4.69, 9.17) is 5.11 Å². The smallest absolute Gasteiger partial charge is 0.306 e. The van der Waals surface area contributed by atoms with E-state index >= 15 is 0 Å². The zero-order valence-corrected chi connectivity index (χ0v) is 10.7. The van der Waals surface area contributed by atoms with Gasteiger partial charge in [-0.05, 0) is 31.7 Å². The Kier molecular flexibility index (Phi) is 4.16. The molecule has 0 spiro atoms. The monoisotopic (exact) mass is 282 g/mol. The molecule has 2 N–H and O–H groups in total. The van der Waals surface area contributed by atoms with Crippen LogP contribution in [-0.2, 0) is 4.79 Å². The van der Waals surface area contributed by atoms with Gasteiger partial charge in [0.2, 0.25) is 0 Å². The van der Waals surface area contributed by atoms with Crippen LogP contribution in [0.5, 0.6) is 0 Å². The van der Waals surface area contributed by atoms with Gasteiger partial charge in [-0.15, -0.1) is 0 Å². The summed E-state index contributed by atoms with van der Waals surface area (Å²) in [6, 6.07) is 3.21. The molecule has 20 heavy (non-hydrogen) atoms. The number of nitro groups is 1. The predicted octanol–water partition coefficient (Wildman–Crippen LogP) is 2.79. The zero-order valence-electron chi connectivity index (χ0n) is 10.7. The Morgan fingerprint density at radius 1 is 1.35 bits per heavy atom. The molecule has 0 aromatic heterocycles. The van der Waals surface area contributed by atoms with Crippen LogP contribution < -0.4 is 5.32 Å². The fourth-order valence-corrected chi connectivity index (χ4v) is 2.49. The second kappa shape index (κ2) is 5.85. The fourth-order valence-electron chi connectivity index (χ4n) is 2.49. The van der Waals surface area contributed by atoms with Gasteiger partial charge in [-0.2, -0.15) is 0 Å². The van der Waals surface area contributed by atoms with Crippen molar-refractivity contribution in [2.24, 2.45) is 5.92 Å². The highest BCUT2D eigenvalue weighted by molar-refractivity contribution is 5.70. The van der Waals surface area contributed by atoms with Crippen LogP contribution in [0.25, 0.3) is 0 Å². The number of aliphatic carboxylic acids is 1. The molecule has 0 heterocycles. The summed E-state index contributed by atoms with van der Waals surface area (Å²) in [6.07, 6.45) is 2.25. The van der Waals surface area contributed by atoms with Crippen molar-refractivity contribution in [3.63, 3.8) is 0 Å². The number of anilines is 1. The fraction of sp³-hybridized carbons (Fsp3) is 0.462. The van der Waals surface area contributed by atoms with Crippen molar-refractivity contribution >= 4 is 17.3 Å². The standard InChI is InChI=1S/C13H15FN2O4/c14-9-3-6-12(16(19)20)11(7-9)15-10-4-1-8(2-5-10)13(17)18/h3,6-8,10,15H,1-2,4-5H2,(H,17,18). The molecule has 1 saturated carbocycles. The molecule has 0 atom stereocenters. The average molecular weight is 282 g/mol. The lowest BCUT2D eigenvalue weighted by Gasteiger charge is -2.27. The first-order valence-corrected chi connectivity index (χ1v) is 6.40. The maximum absolute atomic E-state index is 13.2. The number of carboxylic acids is 1. The molecule has 1 aliphatic carbocycles. The van der Waals surface area contributed by atoms with E-state index < -0.39 is 16.7 Å². The van der Waals surface area contributed by atoms with Crippen LogP contribution in [-0.4, -0.2) is 22.0 Å². The van der Waals surface area contributed by atoms with Crippen LogP contribution in [0.2, 0.25) is 0 Å². The maximum atomic E-state index is 13.2. The lowest BCUT2D eigenvalue weighted by Crippen LogP contribution is -2.29. The van der Waals surface area contributed by atoms with Crippen LogP contribution in [0.3, 0.4) is 0 Å². The van der Waals surface area contributed by atoms with Gasteiger partial charge in [0.15, 0.2) is 0 Å². The average Bonchev–Trinajstić information content (AvgIpc) is 2.39. The summed E-state index contributed by atoms with van der Waals surface area (Å²) in [7, 11) is 0. The Balaban J connectivity index is 2.06. The minimum absolute atomic E-state index is 0.0638. The summed E-state index contributed by atoms with van der Waals surface area (Å²) in [5, 5.41) is 22.7. The van der Waals surface area contributed by atoms with E-state index in [2.05, 4.69) is 5.32 Å². The number of carboxylic acid groups (broad SMARTS) is 1. The molecule has 2 rings (SSSR count). The van der Waals surface area contributed by atoms with Crippen molar-refractivity contribution in [2.45, 2.75) is 31.7 Å². The summed E-state index contributed by atoms with van der Waals surface area (Å²) in [6.45, 7) is 0. The third-order valence-corrected chi connectivity index (χ3v) is 3.59. The third-order valence-electron chi connectivity index (χ3n) is 3.59. The molecule has 0 aliphatic heterocycles. The Labute approximate surface area is 114 Å². The maximum Gasteiger partial charge on any atom is 0.306 e. The van der Waals surface area contributed by atoms with Gasteiger partial charge in [-0.25, -0.2) is 4.39 Å². The van der Waals surface area contributed by atoms with Gasteiger partial charge >= 0.3 is 5.97 Å². The van der Waals surface area contributed by atoms with Crippen molar-refractivity contribution in [3.05, 3.63) is 34.1 Å². The van der Waals surface area contributed by atoms with Crippen LogP contribution in [0, 0.1) is 21.8 Å². The van der Waals surface area contributed by atoms with Crippen LogP contribution in [0.4, 0.5) is 15.8 Å². The first-order valence-electron chi connectivity index (χ1n) is 6.40. The van der Waals surface area contributed by atoms with Crippen LogP contribution >= 0.6 is 0 Å². The Morgan fingerprint density at radius 3 is 2.55 bits per heavy atom. The van der Waals surface area contributed by atoms with Crippen molar-refractivity contribution < 1.29 is 19.2 Å². The molecule has 1 fully saturated rings. The van der Waals surface area contributed by atoms with E-state index in [1.165, 1.54) is 0 Å².